The largest absolute Gasteiger partial charge is 0.465 e. The molecule has 12 heteroatoms. The summed E-state index contributed by atoms with van der Waals surface area (Å²) in [6, 6.07) is 6.28. The molecule has 0 saturated carbocycles. The van der Waals surface area contributed by atoms with E-state index in [0.29, 0.717) is 35.4 Å². The number of amides is 2. The molecule has 2 amide bonds. The van der Waals surface area contributed by atoms with E-state index in [1.165, 1.54) is 11.3 Å². The first kappa shape index (κ1) is 25.7. The van der Waals surface area contributed by atoms with E-state index in [4.69, 9.17) is 16.3 Å². The molecule has 5 rings (SSSR count). The molecule has 196 valence electrons. The number of fused-ring (bicyclic) bond motifs is 2. The van der Waals surface area contributed by atoms with E-state index in [-0.39, 0.29) is 24.3 Å². The van der Waals surface area contributed by atoms with Crippen molar-refractivity contribution in [3.8, 4) is 0 Å². The number of carbonyl (C=O) groups is 3. The second-order valence-corrected chi connectivity index (χ2v) is 11.0. The Kier molecular flexibility index (Phi) is 7.47. The number of likely N-dealkylation sites (tertiary alicyclic amines) is 1. The first-order valence-corrected chi connectivity index (χ1v) is 13.4. The van der Waals surface area contributed by atoms with Gasteiger partial charge < -0.3 is 25.3 Å². The normalized spacial score (nSPS) is 20.1. The van der Waals surface area contributed by atoms with Gasteiger partial charge in [-0.05, 0) is 38.2 Å². The van der Waals surface area contributed by atoms with E-state index in [1.54, 1.807) is 25.1 Å². The Balaban J connectivity index is 1.31. The molecular weight excluding hydrogens is 516 g/mol. The van der Waals surface area contributed by atoms with E-state index < -0.39 is 12.1 Å². The predicted molar refractivity (Wildman–Crippen MR) is 141 cm³/mol. The molecule has 1 fully saturated rings. The van der Waals surface area contributed by atoms with Crippen molar-refractivity contribution in [2.45, 2.75) is 32.0 Å². The summed E-state index contributed by atoms with van der Waals surface area (Å²) in [5, 5.41) is 7.92. The van der Waals surface area contributed by atoms with E-state index >= 15 is 0 Å². The van der Waals surface area contributed by atoms with Crippen molar-refractivity contribution in [2.24, 2.45) is 0 Å². The van der Waals surface area contributed by atoms with Crippen LogP contribution >= 0.6 is 22.9 Å². The molecule has 0 spiro atoms. The summed E-state index contributed by atoms with van der Waals surface area (Å²) in [7, 11) is 2.05. The quantitative estimate of drug-likeness (QED) is 0.389. The van der Waals surface area contributed by atoms with Gasteiger partial charge in [0.25, 0.3) is 11.8 Å². The zero-order chi connectivity index (χ0) is 26.1. The molecule has 10 nitrogen and oxygen atoms in total. The number of esters is 1. The first-order valence-electron chi connectivity index (χ1n) is 12.2. The van der Waals surface area contributed by atoms with Gasteiger partial charge in [-0.3, -0.25) is 19.3 Å². The number of nitrogens with one attached hydrogen (secondary N) is 3. The molecule has 0 unspecified atom stereocenters. The SMILES string of the molecule is CCOC(=O)CN1C[C@@H](NC(=O)c2cc3cc(Cl)ccc3[nH]2)[C@H](NC(=O)c2nc3c(s2)CN(C)CC3)C1. The molecule has 0 radical (unpaired) electrons. The van der Waals surface area contributed by atoms with Crippen LogP contribution in [0.15, 0.2) is 24.3 Å². The molecule has 37 heavy (non-hydrogen) atoms. The third kappa shape index (κ3) is 5.80. The smallest absolute Gasteiger partial charge is 0.320 e. The third-order valence-corrected chi connectivity index (χ3v) is 7.95. The number of ether oxygens (including phenoxy) is 1. The van der Waals surface area contributed by atoms with E-state index in [1.807, 2.05) is 18.0 Å². The van der Waals surface area contributed by atoms with Crippen molar-refractivity contribution < 1.29 is 19.1 Å². The number of aromatic amines is 1. The van der Waals surface area contributed by atoms with Crippen LogP contribution in [0, 0.1) is 0 Å². The lowest BCUT2D eigenvalue weighted by molar-refractivity contribution is -0.144. The number of hydrogen-bond donors (Lipinski definition) is 3. The summed E-state index contributed by atoms with van der Waals surface area (Å²) in [6.45, 7) is 4.61. The van der Waals surface area contributed by atoms with Crippen molar-refractivity contribution in [2.75, 3.05) is 39.8 Å². The Hall–Kier alpha value is -2.99. The van der Waals surface area contributed by atoms with Gasteiger partial charge in [0, 0.05) is 53.4 Å². The van der Waals surface area contributed by atoms with Gasteiger partial charge in [0.1, 0.15) is 5.69 Å². The van der Waals surface area contributed by atoms with Crippen molar-refractivity contribution in [3.05, 3.63) is 50.6 Å². The topological polar surface area (TPSA) is 120 Å². The predicted octanol–water partition coefficient (Wildman–Crippen LogP) is 2.04. The fourth-order valence-corrected chi connectivity index (χ4v) is 6.09. The molecule has 1 aromatic carbocycles. The Morgan fingerprint density at radius 3 is 2.70 bits per heavy atom. The van der Waals surface area contributed by atoms with Gasteiger partial charge in [-0.25, -0.2) is 4.98 Å². The number of nitrogens with zero attached hydrogens (tertiary/aromatic N) is 3. The van der Waals surface area contributed by atoms with Gasteiger partial charge in [0.2, 0.25) is 0 Å². The van der Waals surface area contributed by atoms with Gasteiger partial charge in [0.15, 0.2) is 5.01 Å². The summed E-state index contributed by atoms with van der Waals surface area (Å²) in [5.41, 5.74) is 2.17. The lowest BCUT2D eigenvalue weighted by atomic mass is 10.1. The van der Waals surface area contributed by atoms with Crippen molar-refractivity contribution in [1.29, 1.82) is 0 Å². The van der Waals surface area contributed by atoms with Crippen molar-refractivity contribution in [1.82, 2.24) is 30.4 Å². The van der Waals surface area contributed by atoms with Crippen molar-refractivity contribution in [3.63, 3.8) is 0 Å². The minimum atomic E-state index is -0.415. The van der Waals surface area contributed by atoms with Crippen LogP contribution in [0.5, 0.6) is 0 Å². The fourth-order valence-electron chi connectivity index (χ4n) is 4.82. The van der Waals surface area contributed by atoms with Crippen LogP contribution in [-0.2, 0) is 22.5 Å². The number of thiazole rings is 1. The number of hydrogen-bond acceptors (Lipinski definition) is 8. The number of H-pyrrole nitrogens is 1. The molecule has 4 heterocycles. The number of rotatable bonds is 7. The average Bonchev–Trinajstić information content (AvgIpc) is 3.55. The standard InChI is InChI=1S/C25H29ClN6O4S/c1-3-36-22(33)13-32-10-19(28-23(34)18-9-14-8-15(26)4-5-16(14)27-18)20(11-32)29-24(35)25-30-17-6-7-31(2)12-21(17)37-25/h4-5,8-9,19-20,27H,3,6-7,10-13H2,1-2H3,(H,28,34)(H,29,35)/t19-,20-/m1/s1. The maximum atomic E-state index is 13.2. The molecule has 2 aromatic heterocycles. The maximum Gasteiger partial charge on any atom is 0.320 e. The van der Waals surface area contributed by atoms with Gasteiger partial charge in [0.05, 0.1) is 30.9 Å². The second-order valence-electron chi connectivity index (χ2n) is 9.45. The number of aromatic nitrogens is 2. The number of carbonyl (C=O) groups excluding carboxylic acids is 3. The highest BCUT2D eigenvalue weighted by molar-refractivity contribution is 7.13. The molecule has 0 bridgehead atoms. The van der Waals surface area contributed by atoms with E-state index in [0.717, 1.165) is 41.0 Å². The summed E-state index contributed by atoms with van der Waals surface area (Å²) in [6.07, 6.45) is 0.820. The summed E-state index contributed by atoms with van der Waals surface area (Å²) in [4.78, 5) is 51.3. The Bertz CT molecular complexity index is 1340. The van der Waals surface area contributed by atoms with Gasteiger partial charge in [-0.2, -0.15) is 0 Å². The second kappa shape index (κ2) is 10.8. The van der Waals surface area contributed by atoms with Crippen LogP contribution < -0.4 is 10.6 Å². The van der Waals surface area contributed by atoms with Crippen LogP contribution in [-0.4, -0.2) is 89.5 Å². The van der Waals surface area contributed by atoms with Crippen LogP contribution in [0.3, 0.4) is 0 Å². The van der Waals surface area contributed by atoms with Crippen molar-refractivity contribution >= 4 is 51.6 Å². The highest BCUT2D eigenvalue weighted by Crippen LogP contribution is 2.25. The fraction of sp³-hybridized carbons (Fsp3) is 0.440. The summed E-state index contributed by atoms with van der Waals surface area (Å²) >= 11 is 7.49. The lowest BCUT2D eigenvalue weighted by Gasteiger charge is -2.20. The molecule has 2 aliphatic rings. The number of likely N-dealkylation sites (N-methyl/N-ethyl adjacent to an activating group) is 1. The van der Waals surface area contributed by atoms with E-state index in [9.17, 15) is 14.4 Å². The van der Waals surface area contributed by atoms with E-state index in [2.05, 4.69) is 25.5 Å². The zero-order valence-electron chi connectivity index (χ0n) is 20.7. The lowest BCUT2D eigenvalue weighted by Crippen LogP contribution is -2.51. The Morgan fingerprint density at radius 2 is 1.95 bits per heavy atom. The average molecular weight is 545 g/mol. The summed E-state index contributed by atoms with van der Waals surface area (Å²) in [5.74, 6) is -0.921. The Morgan fingerprint density at radius 1 is 1.19 bits per heavy atom. The minimum Gasteiger partial charge on any atom is -0.465 e. The highest BCUT2D eigenvalue weighted by Gasteiger charge is 2.37. The monoisotopic (exact) mass is 544 g/mol. The maximum absolute atomic E-state index is 13.2. The molecule has 2 atom stereocenters. The first-order chi connectivity index (χ1) is 17.8. The van der Waals surface area contributed by atoms with Gasteiger partial charge in [-0.15, -0.1) is 11.3 Å². The minimum absolute atomic E-state index is 0.0787. The van der Waals surface area contributed by atoms with Crippen LogP contribution in [0.1, 0.15) is 37.8 Å². The van der Waals surface area contributed by atoms with Crippen LogP contribution in [0.2, 0.25) is 5.02 Å². The highest BCUT2D eigenvalue weighted by atomic mass is 35.5. The molecular formula is C25H29ClN6O4S. The third-order valence-electron chi connectivity index (χ3n) is 6.63. The Labute approximate surface area is 223 Å². The molecule has 0 aliphatic carbocycles. The van der Waals surface area contributed by atoms with Crippen LogP contribution in [0.4, 0.5) is 0 Å². The molecule has 3 N–H and O–H groups in total. The molecule has 3 aromatic rings. The number of halogens is 1. The number of benzene rings is 1. The van der Waals surface area contributed by atoms with Gasteiger partial charge >= 0.3 is 5.97 Å². The summed E-state index contributed by atoms with van der Waals surface area (Å²) < 4.78 is 5.09. The molecule has 2 aliphatic heterocycles. The zero-order valence-corrected chi connectivity index (χ0v) is 22.2. The van der Waals surface area contributed by atoms with Gasteiger partial charge in [-0.1, -0.05) is 11.6 Å². The molecule has 1 saturated heterocycles. The van der Waals surface area contributed by atoms with Crippen LogP contribution in [0.25, 0.3) is 10.9 Å².